The van der Waals surface area contributed by atoms with Crippen molar-refractivity contribution in [1.82, 2.24) is 10.2 Å². The number of carboxylic acid groups (broad SMARTS) is 1. The number of nitrogens with one attached hydrogen (secondary N) is 1. The van der Waals surface area contributed by atoms with E-state index in [1.807, 2.05) is 0 Å². The van der Waals surface area contributed by atoms with Crippen molar-refractivity contribution >= 4 is 17.8 Å². The van der Waals surface area contributed by atoms with E-state index >= 15 is 0 Å². The van der Waals surface area contributed by atoms with E-state index in [1.165, 1.54) is 24.2 Å². The second kappa shape index (κ2) is 8.76. The van der Waals surface area contributed by atoms with Crippen LogP contribution in [0.3, 0.4) is 0 Å². The van der Waals surface area contributed by atoms with Gasteiger partial charge >= 0.3 is 5.97 Å². The van der Waals surface area contributed by atoms with E-state index in [2.05, 4.69) is 5.32 Å². The van der Waals surface area contributed by atoms with Crippen molar-refractivity contribution in [3.63, 3.8) is 0 Å². The van der Waals surface area contributed by atoms with Crippen molar-refractivity contribution in [2.45, 2.75) is 71.4 Å². The lowest BCUT2D eigenvalue weighted by Crippen LogP contribution is -2.51. The Kier molecular flexibility index (Phi) is 7.35. The second-order valence-corrected chi connectivity index (χ2v) is 6.45. The van der Waals surface area contributed by atoms with Gasteiger partial charge in [-0.05, 0) is 39.5 Å². The molecule has 0 aromatic heterocycles. The number of aliphatic carboxylic acids is 1. The number of amides is 2. The molecule has 6 heteroatoms. The summed E-state index contributed by atoms with van der Waals surface area (Å²) in [6, 6.07) is -0.917. The molecule has 1 unspecified atom stereocenters. The van der Waals surface area contributed by atoms with Crippen LogP contribution in [0.4, 0.5) is 0 Å². The zero-order valence-electron chi connectivity index (χ0n) is 13.8. The van der Waals surface area contributed by atoms with Crippen LogP contribution in [-0.2, 0) is 14.4 Å². The SMILES string of the molecule is CC(NC(=O)CC1CCCCC1)C(=O)N(CC(=O)O)C(C)C. The fraction of sp³-hybridized carbons (Fsp3) is 0.812. The molecule has 1 saturated carbocycles. The topological polar surface area (TPSA) is 86.7 Å². The molecule has 22 heavy (non-hydrogen) atoms. The molecule has 0 aromatic carbocycles. The smallest absolute Gasteiger partial charge is 0.323 e. The van der Waals surface area contributed by atoms with Crippen molar-refractivity contribution in [1.29, 1.82) is 0 Å². The molecule has 0 saturated heterocycles. The summed E-state index contributed by atoms with van der Waals surface area (Å²) in [4.78, 5) is 36.5. The molecule has 1 rings (SSSR count). The molecule has 2 amide bonds. The summed E-state index contributed by atoms with van der Waals surface area (Å²) >= 11 is 0. The van der Waals surface area contributed by atoms with Gasteiger partial charge in [0.05, 0.1) is 0 Å². The Labute approximate surface area is 132 Å². The van der Waals surface area contributed by atoms with Gasteiger partial charge in [0.25, 0.3) is 0 Å². The highest BCUT2D eigenvalue weighted by Gasteiger charge is 2.26. The minimum absolute atomic E-state index is 0.119. The van der Waals surface area contributed by atoms with Gasteiger partial charge in [0.2, 0.25) is 11.8 Å². The number of rotatable bonds is 7. The number of hydrogen-bond acceptors (Lipinski definition) is 3. The zero-order valence-corrected chi connectivity index (χ0v) is 13.8. The lowest BCUT2D eigenvalue weighted by Gasteiger charge is -2.28. The maximum atomic E-state index is 12.3. The molecule has 2 N–H and O–H groups in total. The van der Waals surface area contributed by atoms with E-state index in [4.69, 9.17) is 5.11 Å². The van der Waals surface area contributed by atoms with Crippen LogP contribution in [0.25, 0.3) is 0 Å². The van der Waals surface area contributed by atoms with Crippen molar-refractivity contribution < 1.29 is 19.5 Å². The van der Waals surface area contributed by atoms with E-state index in [9.17, 15) is 14.4 Å². The molecule has 0 bridgehead atoms. The molecule has 1 atom stereocenters. The molecule has 0 spiro atoms. The number of carbonyl (C=O) groups is 3. The second-order valence-electron chi connectivity index (χ2n) is 6.45. The number of hydrogen-bond donors (Lipinski definition) is 2. The first-order valence-corrected chi connectivity index (χ1v) is 8.13. The molecule has 6 nitrogen and oxygen atoms in total. The summed E-state index contributed by atoms with van der Waals surface area (Å²) in [6.07, 6.45) is 6.20. The average molecular weight is 312 g/mol. The fourth-order valence-corrected chi connectivity index (χ4v) is 2.93. The molecule has 1 fully saturated rings. The van der Waals surface area contributed by atoms with Gasteiger partial charge in [-0.25, -0.2) is 0 Å². The first kappa shape index (κ1) is 18.5. The van der Waals surface area contributed by atoms with Crippen molar-refractivity contribution in [3.05, 3.63) is 0 Å². The van der Waals surface area contributed by atoms with Gasteiger partial charge in [0.15, 0.2) is 0 Å². The lowest BCUT2D eigenvalue weighted by atomic mass is 9.87. The van der Waals surface area contributed by atoms with E-state index < -0.39 is 12.0 Å². The molecule has 0 aromatic rings. The highest BCUT2D eigenvalue weighted by atomic mass is 16.4. The normalized spacial score (nSPS) is 17.1. The summed E-state index contributed by atoms with van der Waals surface area (Å²) in [5, 5.41) is 11.6. The first-order valence-electron chi connectivity index (χ1n) is 8.13. The van der Waals surface area contributed by atoms with Crippen molar-refractivity contribution in [2.75, 3.05) is 6.54 Å². The number of carbonyl (C=O) groups excluding carboxylic acids is 2. The summed E-state index contributed by atoms with van der Waals surface area (Å²) in [6.45, 7) is 4.78. The van der Waals surface area contributed by atoms with Gasteiger partial charge in [-0.15, -0.1) is 0 Å². The van der Waals surface area contributed by atoms with E-state index in [0.29, 0.717) is 12.3 Å². The fourth-order valence-electron chi connectivity index (χ4n) is 2.93. The third-order valence-electron chi connectivity index (χ3n) is 4.16. The largest absolute Gasteiger partial charge is 0.480 e. The van der Waals surface area contributed by atoms with Gasteiger partial charge in [-0.1, -0.05) is 19.3 Å². The standard InChI is InChI=1S/C16H28N2O4/c1-11(2)18(10-15(20)21)16(22)12(3)17-14(19)9-13-7-5-4-6-8-13/h11-13H,4-10H2,1-3H3,(H,17,19)(H,20,21). The van der Waals surface area contributed by atoms with Crippen LogP contribution in [0.1, 0.15) is 59.3 Å². The van der Waals surface area contributed by atoms with Crippen molar-refractivity contribution in [2.24, 2.45) is 5.92 Å². The molecule has 1 aliphatic carbocycles. The van der Waals surface area contributed by atoms with Crippen LogP contribution in [0.15, 0.2) is 0 Å². The van der Waals surface area contributed by atoms with E-state index in [1.54, 1.807) is 20.8 Å². The van der Waals surface area contributed by atoms with Gasteiger partial charge in [0, 0.05) is 12.5 Å². The Hall–Kier alpha value is -1.59. The van der Waals surface area contributed by atoms with Gasteiger partial charge in [0.1, 0.15) is 12.6 Å². The molecule has 0 radical (unpaired) electrons. The van der Waals surface area contributed by atoms with E-state index in [-0.39, 0.29) is 24.4 Å². The molecule has 126 valence electrons. The molecule has 0 heterocycles. The monoisotopic (exact) mass is 312 g/mol. The molecule has 0 aliphatic heterocycles. The molecular formula is C16H28N2O4. The van der Waals surface area contributed by atoms with Crippen LogP contribution in [-0.4, -0.2) is 46.4 Å². The summed E-state index contributed by atoms with van der Waals surface area (Å²) in [5.74, 6) is -1.11. The molecule has 1 aliphatic rings. The zero-order chi connectivity index (χ0) is 16.7. The Morgan fingerprint density at radius 3 is 2.23 bits per heavy atom. The average Bonchev–Trinajstić information content (AvgIpc) is 2.44. The van der Waals surface area contributed by atoms with Gasteiger partial charge < -0.3 is 15.3 Å². The highest BCUT2D eigenvalue weighted by Crippen LogP contribution is 2.26. The minimum atomic E-state index is -1.05. The summed E-state index contributed by atoms with van der Waals surface area (Å²) in [7, 11) is 0. The Morgan fingerprint density at radius 2 is 1.73 bits per heavy atom. The maximum absolute atomic E-state index is 12.3. The van der Waals surface area contributed by atoms with Gasteiger partial charge in [-0.3, -0.25) is 14.4 Å². The Bertz CT molecular complexity index is 403. The van der Waals surface area contributed by atoms with Gasteiger partial charge in [-0.2, -0.15) is 0 Å². The van der Waals surface area contributed by atoms with Crippen LogP contribution >= 0.6 is 0 Å². The summed E-state index contributed by atoms with van der Waals surface area (Å²) < 4.78 is 0. The number of nitrogens with zero attached hydrogens (tertiary/aromatic N) is 1. The maximum Gasteiger partial charge on any atom is 0.323 e. The van der Waals surface area contributed by atoms with E-state index in [0.717, 1.165) is 12.8 Å². The van der Waals surface area contributed by atoms with Crippen LogP contribution in [0.2, 0.25) is 0 Å². The predicted molar refractivity (Wildman–Crippen MR) is 83.3 cm³/mol. The third kappa shape index (κ3) is 6.03. The third-order valence-corrected chi connectivity index (χ3v) is 4.16. The summed E-state index contributed by atoms with van der Waals surface area (Å²) in [5.41, 5.74) is 0. The number of carboxylic acids is 1. The van der Waals surface area contributed by atoms with Crippen molar-refractivity contribution in [3.8, 4) is 0 Å². The highest BCUT2D eigenvalue weighted by molar-refractivity contribution is 5.89. The van der Waals surface area contributed by atoms with Crippen LogP contribution in [0.5, 0.6) is 0 Å². The Balaban J connectivity index is 2.50. The minimum Gasteiger partial charge on any atom is -0.480 e. The first-order chi connectivity index (χ1) is 10.3. The molecular weight excluding hydrogens is 284 g/mol. The quantitative estimate of drug-likeness (QED) is 0.750. The Morgan fingerprint density at radius 1 is 1.14 bits per heavy atom. The lowest BCUT2D eigenvalue weighted by molar-refractivity contribution is -0.147. The van der Waals surface area contributed by atoms with Crippen LogP contribution in [0, 0.1) is 5.92 Å². The predicted octanol–water partition coefficient (Wildman–Crippen LogP) is 1.78. The van der Waals surface area contributed by atoms with Crippen LogP contribution < -0.4 is 5.32 Å².